The van der Waals surface area contributed by atoms with E-state index in [1.807, 2.05) is 0 Å². The van der Waals surface area contributed by atoms with Gasteiger partial charge >= 0.3 is 0 Å². The maximum Gasteiger partial charge on any atom is 0.253 e. The summed E-state index contributed by atoms with van der Waals surface area (Å²) in [6, 6.07) is 2.87. The molecule has 1 saturated heterocycles. The normalized spacial score (nSPS) is 17.1. The van der Waals surface area contributed by atoms with E-state index in [9.17, 15) is 9.18 Å². The molecule has 8 heteroatoms. The summed E-state index contributed by atoms with van der Waals surface area (Å²) in [4.78, 5) is 19.0. The Hall–Kier alpha value is -1.37. The first-order valence-electron chi connectivity index (χ1n) is 6.38. The predicted molar refractivity (Wildman–Crippen MR) is 83.9 cm³/mol. The smallest absolute Gasteiger partial charge is 0.253 e. The molecule has 116 valence electrons. The topological polar surface area (TPSA) is 69.8 Å². The fourth-order valence-corrected chi connectivity index (χ4v) is 2.43. The third-order valence-corrected chi connectivity index (χ3v) is 3.40. The zero-order valence-electron chi connectivity index (χ0n) is 11.2. The largest absolute Gasteiger partial charge is 0.350 e. The maximum absolute atomic E-state index is 13.4. The number of rotatable bonds is 3. The van der Waals surface area contributed by atoms with E-state index >= 15 is 0 Å². The molecule has 0 radical (unpaired) electrons. The Morgan fingerprint density at radius 3 is 2.95 bits per heavy atom. The Labute approximate surface area is 133 Å². The average Bonchev–Trinajstić information content (AvgIpc) is 3.05. The number of carbonyl (C=O) groups excluding carboxylic acids is 1. The van der Waals surface area contributed by atoms with Crippen molar-refractivity contribution in [2.75, 3.05) is 13.1 Å². The van der Waals surface area contributed by atoms with Gasteiger partial charge in [-0.25, -0.2) is 9.37 Å². The van der Waals surface area contributed by atoms with Gasteiger partial charge in [0, 0.05) is 12.6 Å². The fraction of sp³-hybridized carbons (Fsp3) is 0.385. The van der Waals surface area contributed by atoms with Crippen LogP contribution < -0.4 is 10.6 Å². The number of nitrogens with zero attached hydrogens (tertiary/aromatic N) is 1. The number of hydrogen-bond acceptors (Lipinski definition) is 3. The van der Waals surface area contributed by atoms with Gasteiger partial charge in [-0.3, -0.25) is 4.79 Å². The Balaban J connectivity index is 0.00000110. The summed E-state index contributed by atoms with van der Waals surface area (Å²) in [5.41, 5.74) is 1.30. The summed E-state index contributed by atoms with van der Waals surface area (Å²) >= 11 is 0. The molecule has 0 spiro atoms. The SMILES string of the molecule is Cl.Cl.O=C(NCC1CCCN1)c1cc(F)cc2[nH]cnc12. The molecule has 0 saturated carbocycles. The van der Waals surface area contributed by atoms with E-state index in [1.165, 1.54) is 18.5 Å². The van der Waals surface area contributed by atoms with Gasteiger partial charge in [-0.1, -0.05) is 0 Å². The molecule has 1 aromatic carbocycles. The van der Waals surface area contributed by atoms with Crippen LogP contribution in [0.1, 0.15) is 23.2 Å². The molecule has 2 heterocycles. The fourth-order valence-electron chi connectivity index (χ4n) is 2.43. The van der Waals surface area contributed by atoms with Crippen molar-refractivity contribution in [3.8, 4) is 0 Å². The molecule has 1 fully saturated rings. The number of benzene rings is 1. The first kappa shape index (κ1) is 17.7. The van der Waals surface area contributed by atoms with Crippen molar-refractivity contribution in [3.05, 3.63) is 29.8 Å². The second kappa shape index (κ2) is 7.59. The van der Waals surface area contributed by atoms with Gasteiger partial charge in [-0.05, 0) is 31.5 Å². The molecule has 1 amide bonds. The summed E-state index contributed by atoms with van der Waals surface area (Å²) in [6.45, 7) is 1.55. The highest BCUT2D eigenvalue weighted by Gasteiger charge is 2.17. The minimum atomic E-state index is -0.444. The third-order valence-electron chi connectivity index (χ3n) is 3.40. The van der Waals surface area contributed by atoms with Crippen molar-refractivity contribution in [1.29, 1.82) is 0 Å². The Morgan fingerprint density at radius 2 is 2.24 bits per heavy atom. The van der Waals surface area contributed by atoms with Gasteiger partial charge in [0.15, 0.2) is 0 Å². The van der Waals surface area contributed by atoms with Gasteiger partial charge in [-0.15, -0.1) is 24.8 Å². The molecule has 1 aromatic heterocycles. The van der Waals surface area contributed by atoms with E-state index in [-0.39, 0.29) is 36.3 Å². The van der Waals surface area contributed by atoms with Crippen LogP contribution in [0.3, 0.4) is 0 Å². The highest BCUT2D eigenvalue weighted by molar-refractivity contribution is 6.04. The van der Waals surface area contributed by atoms with E-state index in [4.69, 9.17) is 0 Å². The standard InChI is InChI=1S/C13H15FN4O.2ClH/c14-8-4-10(12-11(5-8)17-7-18-12)13(19)16-6-9-2-1-3-15-9;;/h4-5,7,9,15H,1-3,6H2,(H,16,19)(H,17,18);2*1H. The average molecular weight is 335 g/mol. The molecular weight excluding hydrogens is 318 g/mol. The molecule has 1 atom stereocenters. The molecule has 1 aliphatic rings. The number of fused-ring (bicyclic) bond motifs is 1. The highest BCUT2D eigenvalue weighted by atomic mass is 35.5. The van der Waals surface area contributed by atoms with Crippen molar-refractivity contribution in [3.63, 3.8) is 0 Å². The zero-order valence-corrected chi connectivity index (χ0v) is 12.8. The molecular formula is C13H17Cl2FN4O. The number of hydrogen-bond donors (Lipinski definition) is 3. The minimum absolute atomic E-state index is 0. The van der Waals surface area contributed by atoms with Gasteiger partial charge in [0.2, 0.25) is 0 Å². The van der Waals surface area contributed by atoms with Gasteiger partial charge in [0.1, 0.15) is 11.3 Å². The molecule has 5 nitrogen and oxygen atoms in total. The van der Waals surface area contributed by atoms with Gasteiger partial charge in [-0.2, -0.15) is 0 Å². The van der Waals surface area contributed by atoms with Crippen molar-refractivity contribution in [1.82, 2.24) is 20.6 Å². The highest BCUT2D eigenvalue weighted by Crippen LogP contribution is 2.17. The van der Waals surface area contributed by atoms with Crippen LogP contribution in [-0.4, -0.2) is 35.0 Å². The molecule has 3 N–H and O–H groups in total. The molecule has 21 heavy (non-hydrogen) atoms. The molecule has 0 bridgehead atoms. The van der Waals surface area contributed by atoms with Crippen molar-refractivity contribution >= 4 is 41.8 Å². The summed E-state index contributed by atoms with van der Waals surface area (Å²) < 4.78 is 13.4. The van der Waals surface area contributed by atoms with Gasteiger partial charge in [0.25, 0.3) is 5.91 Å². The van der Waals surface area contributed by atoms with Crippen LogP contribution in [0.4, 0.5) is 4.39 Å². The van der Waals surface area contributed by atoms with E-state index in [2.05, 4.69) is 20.6 Å². The lowest BCUT2D eigenvalue weighted by Gasteiger charge is -2.11. The number of halogens is 3. The van der Waals surface area contributed by atoms with Crippen molar-refractivity contribution in [2.45, 2.75) is 18.9 Å². The second-order valence-electron chi connectivity index (χ2n) is 4.76. The summed E-state index contributed by atoms with van der Waals surface area (Å²) in [6.07, 6.45) is 3.64. The van der Waals surface area contributed by atoms with Crippen LogP contribution in [0.25, 0.3) is 11.0 Å². The maximum atomic E-state index is 13.4. The lowest BCUT2D eigenvalue weighted by molar-refractivity contribution is 0.0951. The number of aromatic nitrogens is 2. The quantitative estimate of drug-likeness (QED) is 0.804. The van der Waals surface area contributed by atoms with E-state index in [0.29, 0.717) is 23.6 Å². The summed E-state index contributed by atoms with van der Waals surface area (Å²) in [5, 5.41) is 6.12. The Morgan fingerprint density at radius 1 is 1.43 bits per heavy atom. The second-order valence-corrected chi connectivity index (χ2v) is 4.76. The monoisotopic (exact) mass is 334 g/mol. The lowest BCUT2D eigenvalue weighted by atomic mass is 10.1. The predicted octanol–water partition coefficient (Wildman–Crippen LogP) is 2.03. The number of carbonyl (C=O) groups is 1. The number of aromatic amines is 1. The molecule has 3 rings (SSSR count). The first-order valence-corrected chi connectivity index (χ1v) is 6.38. The van der Waals surface area contributed by atoms with Gasteiger partial charge < -0.3 is 15.6 Å². The van der Waals surface area contributed by atoms with Crippen LogP contribution >= 0.6 is 24.8 Å². The summed E-state index contributed by atoms with van der Waals surface area (Å²) in [7, 11) is 0. The number of nitrogens with one attached hydrogen (secondary N) is 3. The molecule has 2 aromatic rings. The third kappa shape index (κ3) is 3.84. The Kier molecular flexibility index (Phi) is 6.39. The Bertz CT molecular complexity index is 613. The van der Waals surface area contributed by atoms with Crippen molar-refractivity contribution in [2.24, 2.45) is 0 Å². The molecule has 0 aliphatic carbocycles. The summed E-state index contributed by atoms with van der Waals surface area (Å²) in [5.74, 6) is -0.730. The number of imidazole rings is 1. The number of amides is 1. The van der Waals surface area contributed by atoms with E-state index in [1.54, 1.807) is 0 Å². The molecule has 1 unspecified atom stereocenters. The van der Waals surface area contributed by atoms with Crippen LogP contribution in [0, 0.1) is 5.82 Å². The zero-order chi connectivity index (χ0) is 13.2. The van der Waals surface area contributed by atoms with Crippen molar-refractivity contribution < 1.29 is 9.18 Å². The van der Waals surface area contributed by atoms with Crippen LogP contribution in [0.15, 0.2) is 18.5 Å². The van der Waals surface area contributed by atoms with Crippen LogP contribution in [-0.2, 0) is 0 Å². The lowest BCUT2D eigenvalue weighted by Crippen LogP contribution is -2.37. The number of H-pyrrole nitrogens is 1. The molecule has 1 aliphatic heterocycles. The van der Waals surface area contributed by atoms with Crippen LogP contribution in [0.2, 0.25) is 0 Å². The minimum Gasteiger partial charge on any atom is -0.350 e. The van der Waals surface area contributed by atoms with Gasteiger partial charge in [0.05, 0.1) is 17.4 Å². The van der Waals surface area contributed by atoms with Crippen LogP contribution in [0.5, 0.6) is 0 Å². The first-order chi connectivity index (χ1) is 9.24. The van der Waals surface area contributed by atoms with E-state index < -0.39 is 5.82 Å². The van der Waals surface area contributed by atoms with E-state index in [0.717, 1.165) is 19.4 Å².